The number of para-hydroxylation sites is 1. The Morgan fingerprint density at radius 3 is 2.59 bits per heavy atom. The summed E-state index contributed by atoms with van der Waals surface area (Å²) in [5.74, 6) is -1.39. The van der Waals surface area contributed by atoms with Crippen LogP contribution in [0.2, 0.25) is 0 Å². The van der Waals surface area contributed by atoms with E-state index in [-0.39, 0.29) is 35.9 Å². The van der Waals surface area contributed by atoms with Crippen LogP contribution in [-0.4, -0.2) is 25.0 Å². The first-order chi connectivity index (χ1) is 15.5. The van der Waals surface area contributed by atoms with E-state index in [0.29, 0.717) is 16.8 Å². The van der Waals surface area contributed by atoms with Gasteiger partial charge < -0.3 is 20.1 Å². The molecule has 0 aliphatic carbocycles. The predicted octanol–water partition coefficient (Wildman–Crippen LogP) is 3.16. The Morgan fingerprint density at radius 1 is 1.25 bits per heavy atom. The first kappa shape index (κ1) is 20.9. The van der Waals surface area contributed by atoms with Crippen LogP contribution in [0.25, 0.3) is 5.76 Å². The third-order valence-electron chi connectivity index (χ3n) is 5.54. The van der Waals surface area contributed by atoms with Gasteiger partial charge in [-0.15, -0.1) is 6.58 Å². The third-order valence-corrected chi connectivity index (χ3v) is 5.54. The maximum atomic E-state index is 14.1. The predicted molar refractivity (Wildman–Crippen MR) is 119 cm³/mol. The highest BCUT2D eigenvalue weighted by molar-refractivity contribution is 6.20. The van der Waals surface area contributed by atoms with Crippen molar-refractivity contribution in [1.29, 1.82) is 5.26 Å². The minimum Gasteiger partial charge on any atom is -0.462 e. The van der Waals surface area contributed by atoms with Crippen molar-refractivity contribution in [2.24, 2.45) is 5.73 Å². The first-order valence-electron chi connectivity index (χ1n) is 10.1. The summed E-state index contributed by atoms with van der Waals surface area (Å²) in [5.41, 5.74) is 5.75. The maximum absolute atomic E-state index is 14.1. The second-order valence-electron chi connectivity index (χ2n) is 7.22. The summed E-state index contributed by atoms with van der Waals surface area (Å²) < 4.78 is 11.2. The van der Waals surface area contributed by atoms with Crippen LogP contribution < -0.4 is 10.6 Å². The molecule has 0 fully saturated rings. The lowest BCUT2D eigenvalue weighted by Gasteiger charge is -2.35. The molecule has 2 aromatic rings. The van der Waals surface area contributed by atoms with Gasteiger partial charge in [0.15, 0.2) is 5.41 Å². The Morgan fingerprint density at radius 2 is 1.94 bits per heavy atom. The van der Waals surface area contributed by atoms with Crippen LogP contribution >= 0.6 is 0 Å². The van der Waals surface area contributed by atoms with Gasteiger partial charge in [-0.2, -0.15) is 5.26 Å². The van der Waals surface area contributed by atoms with Crippen molar-refractivity contribution in [3.63, 3.8) is 0 Å². The molecule has 0 saturated heterocycles. The van der Waals surface area contributed by atoms with Gasteiger partial charge in [-0.1, -0.05) is 54.6 Å². The van der Waals surface area contributed by atoms with Crippen LogP contribution in [0, 0.1) is 11.3 Å². The standard InChI is InChI=1S/C25H21N3O4/c1-3-14-28-19-13-9-8-12-17(19)25(24(28)30)18(15-26)22(27)32-21(16-10-6-5-7-11-16)20(25)23(29)31-4-2/h3,5-13H,1,4,14,27H2,2H3. The lowest BCUT2D eigenvalue weighted by Crippen LogP contribution is -2.48. The highest BCUT2D eigenvalue weighted by atomic mass is 16.5. The Bertz CT molecular complexity index is 1220. The molecule has 0 saturated carbocycles. The average Bonchev–Trinajstić information content (AvgIpc) is 3.04. The van der Waals surface area contributed by atoms with E-state index in [9.17, 15) is 14.9 Å². The fourth-order valence-electron chi connectivity index (χ4n) is 4.32. The van der Waals surface area contributed by atoms with E-state index in [1.165, 1.54) is 4.90 Å². The van der Waals surface area contributed by atoms with E-state index in [2.05, 4.69) is 6.58 Å². The van der Waals surface area contributed by atoms with Crippen LogP contribution in [0.3, 0.4) is 0 Å². The number of amides is 1. The molecule has 0 aromatic heterocycles. The molecule has 0 radical (unpaired) electrons. The Kier molecular flexibility index (Phi) is 5.29. The highest BCUT2D eigenvalue weighted by Crippen LogP contribution is 2.55. The molecule has 2 aliphatic heterocycles. The summed E-state index contributed by atoms with van der Waals surface area (Å²) in [6.07, 6.45) is 1.58. The first-order valence-corrected chi connectivity index (χ1v) is 10.1. The quantitative estimate of drug-likeness (QED) is 0.580. The zero-order valence-electron chi connectivity index (χ0n) is 17.5. The van der Waals surface area contributed by atoms with Gasteiger partial charge in [0.05, 0.1) is 6.61 Å². The topological polar surface area (TPSA) is 106 Å². The van der Waals surface area contributed by atoms with Gasteiger partial charge in [0.2, 0.25) is 11.8 Å². The number of nitrogens with zero attached hydrogens (tertiary/aromatic N) is 2. The zero-order valence-corrected chi connectivity index (χ0v) is 17.5. The average molecular weight is 427 g/mol. The van der Waals surface area contributed by atoms with Crippen molar-refractivity contribution >= 4 is 23.3 Å². The van der Waals surface area contributed by atoms with Crippen molar-refractivity contribution in [2.75, 3.05) is 18.1 Å². The lowest BCUT2D eigenvalue weighted by molar-refractivity contribution is -0.140. The summed E-state index contributed by atoms with van der Waals surface area (Å²) in [4.78, 5) is 29.0. The molecule has 1 spiro atoms. The van der Waals surface area contributed by atoms with Gasteiger partial charge in [0.25, 0.3) is 0 Å². The zero-order chi connectivity index (χ0) is 22.9. The number of esters is 1. The lowest BCUT2D eigenvalue weighted by atomic mass is 9.67. The number of hydrogen-bond acceptors (Lipinski definition) is 6. The summed E-state index contributed by atoms with van der Waals surface area (Å²) in [7, 11) is 0. The molecule has 1 atom stereocenters. The van der Waals surface area contributed by atoms with Gasteiger partial charge in [0, 0.05) is 23.4 Å². The van der Waals surface area contributed by atoms with Crippen molar-refractivity contribution in [1.82, 2.24) is 0 Å². The summed E-state index contributed by atoms with van der Waals surface area (Å²) >= 11 is 0. The minimum absolute atomic E-state index is 0.0692. The fourth-order valence-corrected chi connectivity index (χ4v) is 4.32. The van der Waals surface area contributed by atoms with E-state index in [4.69, 9.17) is 15.2 Å². The van der Waals surface area contributed by atoms with E-state index in [0.717, 1.165) is 0 Å². The van der Waals surface area contributed by atoms with Gasteiger partial charge in [-0.25, -0.2) is 4.79 Å². The van der Waals surface area contributed by atoms with Gasteiger partial charge in [-0.3, -0.25) is 4.79 Å². The number of nitriles is 1. The molecule has 1 unspecified atom stereocenters. The molecule has 7 nitrogen and oxygen atoms in total. The molecule has 32 heavy (non-hydrogen) atoms. The second kappa shape index (κ2) is 8.08. The molecule has 2 aliphatic rings. The van der Waals surface area contributed by atoms with Crippen LogP contribution in [0.5, 0.6) is 0 Å². The monoisotopic (exact) mass is 427 g/mol. The third kappa shape index (κ3) is 2.81. The summed E-state index contributed by atoms with van der Waals surface area (Å²) in [6, 6.07) is 17.9. The van der Waals surface area contributed by atoms with Crippen molar-refractivity contribution in [3.8, 4) is 6.07 Å². The Labute approximate surface area is 185 Å². The molecular formula is C25H21N3O4. The minimum atomic E-state index is -1.80. The molecule has 1 amide bonds. The van der Waals surface area contributed by atoms with Gasteiger partial charge in [0.1, 0.15) is 23.0 Å². The number of carbonyl (C=O) groups excluding carboxylic acids is 2. The van der Waals surface area contributed by atoms with E-state index >= 15 is 0 Å². The van der Waals surface area contributed by atoms with Crippen LogP contribution in [-0.2, 0) is 24.5 Å². The van der Waals surface area contributed by atoms with Crippen LogP contribution in [0.4, 0.5) is 5.69 Å². The number of benzene rings is 2. The van der Waals surface area contributed by atoms with E-state index in [1.54, 1.807) is 61.5 Å². The largest absolute Gasteiger partial charge is 0.462 e. The Hall–Kier alpha value is -4.31. The number of ether oxygens (including phenoxy) is 2. The highest BCUT2D eigenvalue weighted by Gasteiger charge is 2.62. The molecule has 2 aromatic carbocycles. The molecule has 4 rings (SSSR count). The number of hydrogen-bond donors (Lipinski definition) is 1. The molecule has 2 heterocycles. The Balaban J connectivity index is 2.15. The summed E-state index contributed by atoms with van der Waals surface area (Å²) in [5, 5.41) is 10.1. The normalized spacial score (nSPS) is 19.5. The fraction of sp³-hybridized carbons (Fsp3) is 0.160. The van der Waals surface area contributed by atoms with Crippen molar-refractivity contribution in [2.45, 2.75) is 12.3 Å². The molecule has 2 N–H and O–H groups in total. The smallest absolute Gasteiger partial charge is 0.339 e. The van der Waals surface area contributed by atoms with Gasteiger partial charge in [-0.05, 0) is 13.0 Å². The van der Waals surface area contributed by atoms with Crippen molar-refractivity contribution in [3.05, 3.63) is 95.4 Å². The second-order valence-corrected chi connectivity index (χ2v) is 7.22. The van der Waals surface area contributed by atoms with Crippen LogP contribution in [0.15, 0.2) is 84.3 Å². The van der Waals surface area contributed by atoms with E-state index in [1.807, 2.05) is 12.1 Å². The number of fused-ring (bicyclic) bond motifs is 2. The summed E-state index contributed by atoms with van der Waals surface area (Å²) in [6.45, 7) is 5.67. The SMILES string of the molecule is C=CCN1C(=O)C2(C(C#N)=C(N)OC(c3ccccc3)=C2C(=O)OCC)c2ccccc21. The van der Waals surface area contributed by atoms with Crippen LogP contribution in [0.1, 0.15) is 18.1 Å². The molecule has 0 bridgehead atoms. The van der Waals surface area contributed by atoms with Gasteiger partial charge >= 0.3 is 5.97 Å². The number of nitrogens with two attached hydrogens (primary N) is 1. The number of rotatable bonds is 5. The maximum Gasteiger partial charge on any atom is 0.339 e. The number of anilines is 1. The molecule has 160 valence electrons. The number of carbonyl (C=O) groups is 2. The van der Waals surface area contributed by atoms with Crippen molar-refractivity contribution < 1.29 is 19.1 Å². The van der Waals surface area contributed by atoms with E-state index < -0.39 is 17.3 Å². The molecular weight excluding hydrogens is 406 g/mol. The molecule has 7 heteroatoms.